The third kappa shape index (κ3) is 9.46. The van der Waals surface area contributed by atoms with Crippen LogP contribution in [-0.4, -0.2) is 65.1 Å². The Morgan fingerprint density at radius 1 is 0.556 bits per heavy atom. The Kier molecular flexibility index (Phi) is 12.3. The molecule has 4 amide bonds. The summed E-state index contributed by atoms with van der Waals surface area (Å²) in [5.74, 6) is -5.87. The fraction of sp³-hybridized carbons (Fsp3) is 0.262. The Morgan fingerprint density at radius 3 is 1.44 bits per heavy atom. The monoisotopic (exact) mass is 730 g/mol. The Morgan fingerprint density at radius 2 is 0.981 bits per heavy atom. The summed E-state index contributed by atoms with van der Waals surface area (Å²) >= 11 is 0. The van der Waals surface area contributed by atoms with Crippen molar-refractivity contribution in [2.75, 3.05) is 23.8 Å². The number of amides is 4. The van der Waals surface area contributed by atoms with Crippen molar-refractivity contribution < 1.29 is 38.9 Å². The molecule has 5 atom stereocenters. The molecule has 0 heterocycles. The van der Waals surface area contributed by atoms with Crippen LogP contribution in [0.4, 0.5) is 11.4 Å². The molecule has 6 N–H and O–H groups in total. The summed E-state index contributed by atoms with van der Waals surface area (Å²) in [6.45, 7) is -1.41. The molecule has 5 aromatic rings. The molecule has 54 heavy (non-hydrogen) atoms. The van der Waals surface area contributed by atoms with Gasteiger partial charge in [-0.2, -0.15) is 0 Å². The molecule has 0 spiro atoms. The fourth-order valence-corrected chi connectivity index (χ4v) is 6.75. The standard InChI is InChI=1S/C42H42N4O8/c47-23-36(40(51)43-34-16-14-27-10-4-6-12-29(27)21-34)45-38(49)31-18-32(20-33(19-31)42(53)54-25-26-8-2-1-3-9-26)39(50)46-37(24-48)41(52)44-35-17-15-28-11-5-7-13-30(28)22-35/h1-17,21-22,31-33,36-37,47-48H,18-20,23-25H2,(H,43,51)(H,44,52)(H,45,49)(H,46,50)/t31-,32+,33-,36-,37-/m0/s1. The second kappa shape index (κ2) is 17.6. The highest BCUT2D eigenvalue weighted by atomic mass is 16.5. The van der Waals surface area contributed by atoms with Crippen LogP contribution < -0.4 is 21.3 Å². The Balaban J connectivity index is 1.13. The number of carbonyl (C=O) groups is 5. The van der Waals surface area contributed by atoms with Gasteiger partial charge in [0.25, 0.3) is 0 Å². The van der Waals surface area contributed by atoms with Crippen molar-refractivity contribution in [1.29, 1.82) is 0 Å². The van der Waals surface area contributed by atoms with Crippen molar-refractivity contribution in [3.05, 3.63) is 121 Å². The van der Waals surface area contributed by atoms with Crippen molar-refractivity contribution in [1.82, 2.24) is 10.6 Å². The number of aliphatic hydroxyl groups is 2. The summed E-state index contributed by atoms with van der Waals surface area (Å²) in [5.41, 5.74) is 1.71. The summed E-state index contributed by atoms with van der Waals surface area (Å²) in [6.07, 6.45) is 0.0358. The van der Waals surface area contributed by atoms with Crippen LogP contribution >= 0.6 is 0 Å². The van der Waals surface area contributed by atoms with Crippen LogP contribution in [0.1, 0.15) is 24.8 Å². The SMILES string of the molecule is O=C(N[C@@H](CO)C(=O)Nc1ccc2ccccc2c1)[C@@H]1C[C@H](C(=O)N[C@@H](CO)C(=O)Nc2ccc3ccccc3c2)C[C@H](C(=O)OCc2ccccc2)C1. The predicted octanol–water partition coefficient (Wildman–Crippen LogP) is 4.30. The molecule has 0 aliphatic heterocycles. The van der Waals surface area contributed by atoms with E-state index in [1.807, 2.05) is 78.9 Å². The Hall–Kier alpha value is -6.11. The van der Waals surface area contributed by atoms with E-state index < -0.39 is 72.6 Å². The van der Waals surface area contributed by atoms with Gasteiger partial charge in [0, 0.05) is 23.2 Å². The minimum atomic E-state index is -1.32. The van der Waals surface area contributed by atoms with Gasteiger partial charge in [-0.25, -0.2) is 0 Å². The molecule has 1 aliphatic rings. The van der Waals surface area contributed by atoms with E-state index in [0.29, 0.717) is 11.4 Å². The number of fused-ring (bicyclic) bond motifs is 2. The number of ether oxygens (including phenoxy) is 1. The molecule has 0 saturated heterocycles. The van der Waals surface area contributed by atoms with Crippen LogP contribution in [-0.2, 0) is 35.3 Å². The number of carbonyl (C=O) groups excluding carboxylic acids is 5. The lowest BCUT2D eigenvalue weighted by Crippen LogP contribution is -2.52. The van der Waals surface area contributed by atoms with Crippen molar-refractivity contribution in [3.8, 4) is 0 Å². The maximum Gasteiger partial charge on any atom is 0.309 e. The van der Waals surface area contributed by atoms with Gasteiger partial charge in [-0.3, -0.25) is 24.0 Å². The molecule has 1 saturated carbocycles. The number of aliphatic hydroxyl groups excluding tert-OH is 2. The van der Waals surface area contributed by atoms with E-state index in [2.05, 4.69) is 21.3 Å². The molecule has 6 rings (SSSR count). The molecule has 0 aromatic heterocycles. The first-order chi connectivity index (χ1) is 26.2. The zero-order valence-electron chi connectivity index (χ0n) is 29.4. The molecule has 12 heteroatoms. The zero-order valence-corrected chi connectivity index (χ0v) is 29.4. The predicted molar refractivity (Wildman–Crippen MR) is 204 cm³/mol. The second-order valence-corrected chi connectivity index (χ2v) is 13.5. The molecule has 0 unspecified atom stereocenters. The van der Waals surface area contributed by atoms with Crippen LogP contribution in [0.3, 0.4) is 0 Å². The smallest absolute Gasteiger partial charge is 0.309 e. The molecule has 278 valence electrons. The highest BCUT2D eigenvalue weighted by Gasteiger charge is 2.41. The number of rotatable bonds is 13. The van der Waals surface area contributed by atoms with Crippen molar-refractivity contribution in [2.24, 2.45) is 17.8 Å². The normalized spacial score (nSPS) is 17.9. The van der Waals surface area contributed by atoms with Gasteiger partial charge in [-0.05, 0) is 70.6 Å². The molecule has 5 aromatic carbocycles. The fourth-order valence-electron chi connectivity index (χ4n) is 6.75. The molecule has 12 nitrogen and oxygen atoms in total. The number of esters is 1. The summed E-state index contributed by atoms with van der Waals surface area (Å²) in [6, 6.07) is 32.3. The third-order valence-corrected chi connectivity index (χ3v) is 9.67. The van der Waals surface area contributed by atoms with Crippen LogP contribution in [0.5, 0.6) is 0 Å². The van der Waals surface area contributed by atoms with Crippen LogP contribution in [0.15, 0.2) is 115 Å². The lowest BCUT2D eigenvalue weighted by atomic mass is 9.74. The minimum Gasteiger partial charge on any atom is -0.461 e. The van der Waals surface area contributed by atoms with Gasteiger partial charge in [0.1, 0.15) is 18.7 Å². The third-order valence-electron chi connectivity index (χ3n) is 9.67. The van der Waals surface area contributed by atoms with E-state index in [4.69, 9.17) is 4.74 Å². The van der Waals surface area contributed by atoms with Gasteiger partial charge in [0.2, 0.25) is 23.6 Å². The van der Waals surface area contributed by atoms with E-state index in [1.165, 1.54) is 0 Å². The van der Waals surface area contributed by atoms with Crippen LogP contribution in [0.2, 0.25) is 0 Å². The lowest BCUT2D eigenvalue weighted by Gasteiger charge is -2.33. The van der Waals surface area contributed by atoms with Crippen molar-refractivity contribution in [2.45, 2.75) is 38.0 Å². The number of hydrogen-bond acceptors (Lipinski definition) is 8. The topological polar surface area (TPSA) is 183 Å². The Bertz CT molecular complexity index is 2020. The van der Waals surface area contributed by atoms with Crippen LogP contribution in [0.25, 0.3) is 21.5 Å². The van der Waals surface area contributed by atoms with Gasteiger partial charge in [0.05, 0.1) is 19.1 Å². The lowest BCUT2D eigenvalue weighted by molar-refractivity contribution is -0.154. The number of anilines is 2. The Labute approximate surface area is 311 Å². The first kappa shape index (κ1) is 37.6. The summed E-state index contributed by atoms with van der Waals surface area (Å²) in [7, 11) is 0. The largest absolute Gasteiger partial charge is 0.461 e. The number of nitrogens with one attached hydrogen (secondary N) is 4. The van der Waals surface area contributed by atoms with E-state index >= 15 is 0 Å². The van der Waals surface area contributed by atoms with Gasteiger partial charge in [-0.15, -0.1) is 0 Å². The molecule has 1 fully saturated rings. The van der Waals surface area contributed by atoms with Crippen molar-refractivity contribution in [3.63, 3.8) is 0 Å². The van der Waals surface area contributed by atoms with Crippen molar-refractivity contribution >= 4 is 62.5 Å². The molecular formula is C42H42N4O8. The zero-order chi connectivity index (χ0) is 38.0. The maximum atomic E-state index is 13.7. The number of benzene rings is 5. The average molecular weight is 731 g/mol. The van der Waals surface area contributed by atoms with E-state index in [9.17, 15) is 34.2 Å². The number of hydrogen-bond donors (Lipinski definition) is 6. The quantitative estimate of drug-likeness (QED) is 0.0970. The maximum absolute atomic E-state index is 13.7. The molecular weight excluding hydrogens is 688 g/mol. The van der Waals surface area contributed by atoms with Gasteiger partial charge < -0.3 is 36.2 Å². The molecule has 0 radical (unpaired) electrons. The minimum absolute atomic E-state index is 0.00698. The van der Waals surface area contributed by atoms with Gasteiger partial charge >= 0.3 is 5.97 Å². The first-order valence-corrected chi connectivity index (χ1v) is 17.8. The summed E-state index contributed by atoms with van der Waals surface area (Å²) < 4.78 is 5.59. The van der Waals surface area contributed by atoms with Crippen LogP contribution in [0, 0.1) is 17.8 Å². The van der Waals surface area contributed by atoms with E-state index in [0.717, 1.165) is 27.1 Å². The van der Waals surface area contributed by atoms with Gasteiger partial charge in [-0.1, -0.05) is 91.0 Å². The molecule has 0 bridgehead atoms. The van der Waals surface area contributed by atoms with Gasteiger partial charge in [0.15, 0.2) is 0 Å². The second-order valence-electron chi connectivity index (χ2n) is 13.5. The molecule has 1 aliphatic carbocycles. The summed E-state index contributed by atoms with van der Waals surface area (Å²) in [5, 5.41) is 34.6. The van der Waals surface area contributed by atoms with E-state index in [1.54, 1.807) is 36.4 Å². The average Bonchev–Trinajstić information content (AvgIpc) is 3.20. The van der Waals surface area contributed by atoms with E-state index in [-0.39, 0.29) is 25.9 Å². The highest BCUT2D eigenvalue weighted by molar-refractivity contribution is 6.01. The highest BCUT2D eigenvalue weighted by Crippen LogP contribution is 2.35. The summed E-state index contributed by atoms with van der Waals surface area (Å²) in [4.78, 5) is 67.2. The first-order valence-electron chi connectivity index (χ1n) is 17.8.